The van der Waals surface area contributed by atoms with Crippen LogP contribution in [0.1, 0.15) is 35.6 Å². The van der Waals surface area contributed by atoms with Crippen molar-refractivity contribution in [1.82, 2.24) is 10.2 Å². The van der Waals surface area contributed by atoms with Crippen LogP contribution in [0.4, 0.5) is 0 Å². The standard InChI is InChI=1S/C11H14N2O/c1-5-10-9(11(14)7(2)3)6-8(4)12-13-10/h6H,2,5H2,1,3-4H3. The lowest BCUT2D eigenvalue weighted by atomic mass is 10.0. The third-order valence-corrected chi connectivity index (χ3v) is 1.96. The minimum Gasteiger partial charge on any atom is -0.289 e. The number of nitrogens with zero attached hydrogens (tertiary/aromatic N) is 2. The summed E-state index contributed by atoms with van der Waals surface area (Å²) >= 11 is 0. The molecule has 0 amide bonds. The smallest absolute Gasteiger partial charge is 0.190 e. The summed E-state index contributed by atoms with van der Waals surface area (Å²) in [4.78, 5) is 11.7. The van der Waals surface area contributed by atoms with E-state index in [1.807, 2.05) is 13.8 Å². The summed E-state index contributed by atoms with van der Waals surface area (Å²) < 4.78 is 0. The van der Waals surface area contributed by atoms with Crippen molar-refractivity contribution >= 4 is 5.78 Å². The van der Waals surface area contributed by atoms with Crippen LogP contribution in [0.25, 0.3) is 0 Å². The number of aryl methyl sites for hydroxylation is 2. The lowest BCUT2D eigenvalue weighted by Crippen LogP contribution is -2.08. The zero-order chi connectivity index (χ0) is 10.7. The first-order chi connectivity index (χ1) is 6.56. The number of Topliss-reactive ketones (excluding diaryl/α,β-unsaturated/α-hetero) is 1. The molecule has 1 rings (SSSR count). The molecule has 0 atom stereocenters. The fourth-order valence-corrected chi connectivity index (χ4v) is 1.20. The number of carbonyl (C=O) groups is 1. The van der Waals surface area contributed by atoms with Crippen LogP contribution in [0.2, 0.25) is 0 Å². The van der Waals surface area contributed by atoms with E-state index in [1.165, 1.54) is 0 Å². The number of hydrogen-bond donors (Lipinski definition) is 0. The SMILES string of the molecule is C=C(C)C(=O)c1cc(C)nnc1CC. The van der Waals surface area contributed by atoms with Crippen molar-refractivity contribution in [2.24, 2.45) is 0 Å². The summed E-state index contributed by atoms with van der Waals surface area (Å²) in [6.07, 6.45) is 0.710. The Morgan fingerprint density at radius 3 is 2.64 bits per heavy atom. The van der Waals surface area contributed by atoms with Crippen molar-refractivity contribution < 1.29 is 4.79 Å². The average molecular weight is 190 g/mol. The Morgan fingerprint density at radius 2 is 2.14 bits per heavy atom. The summed E-state index contributed by atoms with van der Waals surface area (Å²) in [6, 6.07) is 1.77. The Kier molecular flexibility index (Phi) is 3.12. The van der Waals surface area contributed by atoms with E-state index < -0.39 is 0 Å². The molecule has 0 saturated carbocycles. The highest BCUT2D eigenvalue weighted by Gasteiger charge is 2.12. The van der Waals surface area contributed by atoms with E-state index in [4.69, 9.17) is 0 Å². The molecule has 0 aliphatic heterocycles. The second-order valence-electron chi connectivity index (χ2n) is 3.31. The maximum absolute atomic E-state index is 11.7. The number of rotatable bonds is 3. The van der Waals surface area contributed by atoms with Gasteiger partial charge in [0.15, 0.2) is 5.78 Å². The van der Waals surface area contributed by atoms with Gasteiger partial charge in [-0.1, -0.05) is 13.5 Å². The van der Waals surface area contributed by atoms with Gasteiger partial charge in [-0.15, -0.1) is 0 Å². The van der Waals surface area contributed by atoms with Crippen LogP contribution in [0, 0.1) is 6.92 Å². The molecule has 1 heterocycles. The zero-order valence-electron chi connectivity index (χ0n) is 8.79. The summed E-state index contributed by atoms with van der Waals surface area (Å²) in [6.45, 7) is 9.12. The van der Waals surface area contributed by atoms with E-state index in [0.717, 1.165) is 11.4 Å². The second kappa shape index (κ2) is 4.13. The summed E-state index contributed by atoms with van der Waals surface area (Å²) in [5.41, 5.74) is 2.66. The number of ketones is 1. The van der Waals surface area contributed by atoms with Gasteiger partial charge in [-0.05, 0) is 31.9 Å². The minimum absolute atomic E-state index is 0.0418. The van der Waals surface area contributed by atoms with Crippen LogP contribution in [0.3, 0.4) is 0 Å². The second-order valence-corrected chi connectivity index (χ2v) is 3.31. The van der Waals surface area contributed by atoms with Gasteiger partial charge in [-0.3, -0.25) is 4.79 Å². The normalized spacial score (nSPS) is 9.93. The number of allylic oxidation sites excluding steroid dienone is 1. The molecule has 3 nitrogen and oxygen atoms in total. The maximum Gasteiger partial charge on any atom is 0.190 e. The van der Waals surface area contributed by atoms with Crippen LogP contribution in [-0.2, 0) is 6.42 Å². The van der Waals surface area contributed by atoms with Crippen LogP contribution >= 0.6 is 0 Å². The Hall–Kier alpha value is -1.51. The van der Waals surface area contributed by atoms with Crippen molar-refractivity contribution in [3.63, 3.8) is 0 Å². The Balaban J connectivity index is 3.23. The Bertz CT molecular complexity index is 383. The highest BCUT2D eigenvalue weighted by molar-refractivity contribution is 6.08. The summed E-state index contributed by atoms with van der Waals surface area (Å²) in [5, 5.41) is 7.91. The van der Waals surface area contributed by atoms with Crippen molar-refractivity contribution in [2.45, 2.75) is 27.2 Å². The predicted octanol–water partition coefficient (Wildman–Crippen LogP) is 2.11. The van der Waals surface area contributed by atoms with Crippen LogP contribution < -0.4 is 0 Å². The van der Waals surface area contributed by atoms with Gasteiger partial charge in [0.25, 0.3) is 0 Å². The monoisotopic (exact) mass is 190 g/mol. The van der Waals surface area contributed by atoms with Crippen LogP contribution in [0.15, 0.2) is 18.2 Å². The molecule has 0 aromatic carbocycles. The van der Waals surface area contributed by atoms with Gasteiger partial charge >= 0.3 is 0 Å². The van der Waals surface area contributed by atoms with Gasteiger partial charge in [-0.25, -0.2) is 0 Å². The van der Waals surface area contributed by atoms with Crippen LogP contribution in [0.5, 0.6) is 0 Å². The molecule has 0 N–H and O–H groups in total. The van der Waals surface area contributed by atoms with Crippen molar-refractivity contribution in [3.8, 4) is 0 Å². The first-order valence-corrected chi connectivity index (χ1v) is 4.59. The molecule has 0 aliphatic carbocycles. The molecule has 0 fully saturated rings. The molecule has 0 unspecified atom stereocenters. The largest absolute Gasteiger partial charge is 0.289 e. The molecule has 0 saturated heterocycles. The third kappa shape index (κ3) is 2.05. The maximum atomic E-state index is 11.7. The first kappa shape index (κ1) is 10.6. The average Bonchev–Trinajstić information content (AvgIpc) is 2.16. The quantitative estimate of drug-likeness (QED) is 0.541. The number of aromatic nitrogens is 2. The third-order valence-electron chi connectivity index (χ3n) is 1.96. The first-order valence-electron chi connectivity index (χ1n) is 4.59. The van der Waals surface area contributed by atoms with Gasteiger partial charge in [-0.2, -0.15) is 10.2 Å². The van der Waals surface area contributed by atoms with E-state index in [9.17, 15) is 4.79 Å². The number of hydrogen-bond acceptors (Lipinski definition) is 3. The number of carbonyl (C=O) groups excluding carboxylic acids is 1. The van der Waals surface area contributed by atoms with Gasteiger partial charge < -0.3 is 0 Å². The van der Waals surface area contributed by atoms with Crippen molar-refractivity contribution in [2.75, 3.05) is 0 Å². The molecule has 1 aromatic heterocycles. The fraction of sp³-hybridized carbons (Fsp3) is 0.364. The van der Waals surface area contributed by atoms with Crippen molar-refractivity contribution in [3.05, 3.63) is 35.2 Å². The minimum atomic E-state index is -0.0418. The molecule has 0 bridgehead atoms. The van der Waals surface area contributed by atoms with E-state index in [0.29, 0.717) is 17.6 Å². The molecule has 0 aliphatic rings. The summed E-state index contributed by atoms with van der Waals surface area (Å²) in [7, 11) is 0. The molecule has 14 heavy (non-hydrogen) atoms. The van der Waals surface area contributed by atoms with E-state index in [1.54, 1.807) is 13.0 Å². The van der Waals surface area contributed by atoms with Gasteiger partial charge in [0, 0.05) is 5.56 Å². The van der Waals surface area contributed by atoms with Gasteiger partial charge in [0.2, 0.25) is 0 Å². The fourth-order valence-electron chi connectivity index (χ4n) is 1.20. The Morgan fingerprint density at radius 1 is 1.50 bits per heavy atom. The lowest BCUT2D eigenvalue weighted by molar-refractivity contribution is 0.103. The van der Waals surface area contributed by atoms with Crippen molar-refractivity contribution in [1.29, 1.82) is 0 Å². The van der Waals surface area contributed by atoms with Crippen LogP contribution in [-0.4, -0.2) is 16.0 Å². The molecule has 1 aromatic rings. The molecule has 0 spiro atoms. The van der Waals surface area contributed by atoms with E-state index in [2.05, 4.69) is 16.8 Å². The highest BCUT2D eigenvalue weighted by Crippen LogP contribution is 2.11. The van der Waals surface area contributed by atoms with E-state index >= 15 is 0 Å². The Labute approximate surface area is 83.9 Å². The molecular weight excluding hydrogens is 176 g/mol. The predicted molar refractivity (Wildman–Crippen MR) is 55.3 cm³/mol. The molecule has 74 valence electrons. The zero-order valence-corrected chi connectivity index (χ0v) is 8.79. The highest BCUT2D eigenvalue weighted by atomic mass is 16.1. The van der Waals surface area contributed by atoms with E-state index in [-0.39, 0.29) is 5.78 Å². The molecule has 0 radical (unpaired) electrons. The van der Waals surface area contributed by atoms with Gasteiger partial charge in [0.1, 0.15) is 0 Å². The molecular formula is C11H14N2O. The summed E-state index contributed by atoms with van der Waals surface area (Å²) in [5.74, 6) is -0.0418. The molecule has 3 heteroatoms. The lowest BCUT2D eigenvalue weighted by Gasteiger charge is -2.05. The topological polar surface area (TPSA) is 42.9 Å². The van der Waals surface area contributed by atoms with Gasteiger partial charge in [0.05, 0.1) is 11.4 Å².